The van der Waals surface area contributed by atoms with Gasteiger partial charge in [0.15, 0.2) is 0 Å². The molecule has 1 aromatic carbocycles. The second-order valence-corrected chi connectivity index (χ2v) is 8.24. The van der Waals surface area contributed by atoms with Crippen LogP contribution in [0.25, 0.3) is 0 Å². The summed E-state index contributed by atoms with van der Waals surface area (Å²) in [5, 5.41) is 2.95. The number of carbonyl (C=O) groups is 1. The van der Waals surface area contributed by atoms with Crippen molar-refractivity contribution in [2.45, 2.75) is 32.6 Å². The summed E-state index contributed by atoms with van der Waals surface area (Å²) in [6.45, 7) is 3.13. The van der Waals surface area contributed by atoms with Crippen molar-refractivity contribution >= 4 is 15.9 Å². The normalized spacial score (nSPS) is 19.4. The number of sulfonamides is 1. The van der Waals surface area contributed by atoms with Gasteiger partial charge in [0.1, 0.15) is 0 Å². The minimum Gasteiger partial charge on any atom is -0.356 e. The fourth-order valence-corrected chi connectivity index (χ4v) is 4.06. The maximum atomic E-state index is 12.2. The highest BCUT2D eigenvalue weighted by molar-refractivity contribution is 7.89. The average molecular weight is 338 g/mol. The molecule has 0 aliphatic carbocycles. The molecule has 1 saturated heterocycles. The molecule has 1 heterocycles. The molecule has 0 spiro atoms. The molecule has 0 bridgehead atoms. The highest BCUT2D eigenvalue weighted by atomic mass is 32.2. The molecule has 0 saturated carbocycles. The van der Waals surface area contributed by atoms with Crippen molar-refractivity contribution in [1.29, 1.82) is 0 Å². The summed E-state index contributed by atoms with van der Waals surface area (Å²) < 4.78 is 25.3. The highest BCUT2D eigenvalue weighted by Crippen LogP contribution is 2.19. The lowest BCUT2D eigenvalue weighted by Gasteiger charge is -2.30. The standard InChI is InChI=1S/C17H26N2O3S/c1-2-23(21,22)19-13-7-11-16(14-19)17(20)18-12-6-10-15-8-4-3-5-9-15/h3-5,8-9,16H,2,6-7,10-14H2,1H3,(H,18,20). The molecule has 128 valence electrons. The second kappa shape index (κ2) is 8.45. The number of amides is 1. The molecular formula is C17H26N2O3S. The summed E-state index contributed by atoms with van der Waals surface area (Å²) in [4.78, 5) is 12.2. The first kappa shape index (κ1) is 17.9. The molecule has 0 radical (unpaired) electrons. The number of hydrogen-bond donors (Lipinski definition) is 1. The predicted molar refractivity (Wildman–Crippen MR) is 91.5 cm³/mol. The van der Waals surface area contributed by atoms with Gasteiger partial charge >= 0.3 is 0 Å². The molecule has 0 aromatic heterocycles. The molecule has 1 fully saturated rings. The Morgan fingerprint density at radius 2 is 2.04 bits per heavy atom. The van der Waals surface area contributed by atoms with Crippen molar-refractivity contribution in [3.05, 3.63) is 35.9 Å². The first-order chi connectivity index (χ1) is 11.0. The molecular weight excluding hydrogens is 312 g/mol. The van der Waals surface area contributed by atoms with E-state index in [-0.39, 0.29) is 17.6 Å². The molecule has 5 nitrogen and oxygen atoms in total. The maximum absolute atomic E-state index is 12.2. The first-order valence-corrected chi connectivity index (χ1v) is 9.93. The Balaban J connectivity index is 1.75. The SMILES string of the molecule is CCS(=O)(=O)N1CCCC(C(=O)NCCCc2ccccc2)C1. The highest BCUT2D eigenvalue weighted by Gasteiger charge is 2.31. The van der Waals surface area contributed by atoms with Gasteiger partial charge in [-0.1, -0.05) is 30.3 Å². The van der Waals surface area contributed by atoms with Crippen molar-refractivity contribution in [3.8, 4) is 0 Å². The van der Waals surface area contributed by atoms with Crippen LogP contribution in [-0.4, -0.2) is 44.0 Å². The minimum absolute atomic E-state index is 0.0194. The van der Waals surface area contributed by atoms with E-state index in [2.05, 4.69) is 17.4 Å². The van der Waals surface area contributed by atoms with E-state index >= 15 is 0 Å². The Morgan fingerprint density at radius 3 is 2.74 bits per heavy atom. The number of carbonyl (C=O) groups excluding carboxylic acids is 1. The largest absolute Gasteiger partial charge is 0.356 e. The number of hydrogen-bond acceptors (Lipinski definition) is 3. The van der Waals surface area contributed by atoms with Crippen molar-refractivity contribution in [1.82, 2.24) is 9.62 Å². The van der Waals surface area contributed by atoms with Crippen molar-refractivity contribution < 1.29 is 13.2 Å². The Bertz CT molecular complexity index is 602. The molecule has 2 rings (SSSR count). The van der Waals surface area contributed by atoms with Crippen LogP contribution in [0, 0.1) is 5.92 Å². The number of nitrogens with one attached hydrogen (secondary N) is 1. The Kier molecular flexibility index (Phi) is 6.59. The summed E-state index contributed by atoms with van der Waals surface area (Å²) in [6.07, 6.45) is 3.34. The van der Waals surface area contributed by atoms with Gasteiger partial charge in [0.05, 0.1) is 11.7 Å². The smallest absolute Gasteiger partial charge is 0.224 e. The van der Waals surface area contributed by atoms with Crippen LogP contribution in [0.3, 0.4) is 0 Å². The fraction of sp³-hybridized carbons (Fsp3) is 0.588. The van der Waals surface area contributed by atoms with Gasteiger partial charge < -0.3 is 5.32 Å². The molecule has 1 N–H and O–H groups in total. The summed E-state index contributed by atoms with van der Waals surface area (Å²) in [6, 6.07) is 10.2. The van der Waals surface area contributed by atoms with E-state index in [9.17, 15) is 13.2 Å². The van der Waals surface area contributed by atoms with Gasteiger partial charge in [0.2, 0.25) is 15.9 Å². The molecule has 23 heavy (non-hydrogen) atoms. The second-order valence-electron chi connectivity index (χ2n) is 5.98. The van der Waals surface area contributed by atoms with Gasteiger partial charge in [-0.3, -0.25) is 4.79 Å². The van der Waals surface area contributed by atoms with Crippen LogP contribution >= 0.6 is 0 Å². The third-order valence-corrected chi connectivity index (χ3v) is 6.15. The van der Waals surface area contributed by atoms with E-state index in [0.29, 0.717) is 19.6 Å². The fourth-order valence-electron chi connectivity index (χ4n) is 2.88. The van der Waals surface area contributed by atoms with Crippen LogP contribution in [0.4, 0.5) is 0 Å². The zero-order valence-electron chi connectivity index (χ0n) is 13.7. The number of benzene rings is 1. The molecule has 1 atom stereocenters. The van der Waals surface area contributed by atoms with Gasteiger partial charge in [0.25, 0.3) is 0 Å². The van der Waals surface area contributed by atoms with Crippen LogP contribution in [-0.2, 0) is 21.2 Å². The Hall–Kier alpha value is -1.40. The van der Waals surface area contributed by atoms with E-state index < -0.39 is 10.0 Å². The van der Waals surface area contributed by atoms with Gasteiger partial charge in [-0.25, -0.2) is 12.7 Å². The van der Waals surface area contributed by atoms with Gasteiger partial charge in [0, 0.05) is 19.6 Å². The van der Waals surface area contributed by atoms with E-state index in [1.54, 1.807) is 6.92 Å². The van der Waals surface area contributed by atoms with E-state index in [1.165, 1.54) is 9.87 Å². The van der Waals surface area contributed by atoms with Gasteiger partial charge in [-0.15, -0.1) is 0 Å². The monoisotopic (exact) mass is 338 g/mol. The van der Waals surface area contributed by atoms with E-state index in [0.717, 1.165) is 25.7 Å². The molecule has 1 aliphatic rings. The van der Waals surface area contributed by atoms with Crippen LogP contribution < -0.4 is 5.32 Å². The quantitative estimate of drug-likeness (QED) is 0.771. The number of rotatable bonds is 7. The van der Waals surface area contributed by atoms with Crippen molar-refractivity contribution in [3.63, 3.8) is 0 Å². The zero-order valence-corrected chi connectivity index (χ0v) is 14.5. The molecule has 1 unspecified atom stereocenters. The molecule has 1 amide bonds. The van der Waals surface area contributed by atoms with Crippen LogP contribution in [0.15, 0.2) is 30.3 Å². The van der Waals surface area contributed by atoms with Crippen LogP contribution in [0.1, 0.15) is 31.7 Å². The first-order valence-electron chi connectivity index (χ1n) is 8.32. The van der Waals surface area contributed by atoms with Crippen LogP contribution in [0.5, 0.6) is 0 Å². The van der Waals surface area contributed by atoms with E-state index in [1.807, 2.05) is 18.2 Å². The third kappa shape index (κ3) is 5.32. The lowest BCUT2D eigenvalue weighted by Crippen LogP contribution is -2.46. The number of aryl methyl sites for hydroxylation is 1. The van der Waals surface area contributed by atoms with Crippen LogP contribution in [0.2, 0.25) is 0 Å². The molecule has 1 aliphatic heterocycles. The summed E-state index contributed by atoms with van der Waals surface area (Å²) in [7, 11) is -3.20. The topological polar surface area (TPSA) is 66.5 Å². The van der Waals surface area contributed by atoms with Gasteiger partial charge in [-0.2, -0.15) is 0 Å². The number of piperidine rings is 1. The average Bonchev–Trinajstić information content (AvgIpc) is 2.59. The number of nitrogens with zero attached hydrogens (tertiary/aromatic N) is 1. The molecule has 6 heteroatoms. The van der Waals surface area contributed by atoms with Gasteiger partial charge in [-0.05, 0) is 38.2 Å². The molecule has 1 aromatic rings. The Morgan fingerprint density at radius 1 is 1.30 bits per heavy atom. The predicted octanol–water partition coefficient (Wildman–Crippen LogP) is 1.80. The zero-order chi connectivity index (χ0) is 16.7. The maximum Gasteiger partial charge on any atom is 0.224 e. The summed E-state index contributed by atoms with van der Waals surface area (Å²) >= 11 is 0. The lowest BCUT2D eigenvalue weighted by atomic mass is 9.99. The Labute approximate surface area is 139 Å². The van der Waals surface area contributed by atoms with E-state index in [4.69, 9.17) is 0 Å². The summed E-state index contributed by atoms with van der Waals surface area (Å²) in [5.74, 6) is -0.144. The summed E-state index contributed by atoms with van der Waals surface area (Å²) in [5.41, 5.74) is 1.26. The lowest BCUT2D eigenvalue weighted by molar-refractivity contribution is -0.126. The van der Waals surface area contributed by atoms with Crippen molar-refractivity contribution in [2.75, 3.05) is 25.4 Å². The third-order valence-electron chi connectivity index (χ3n) is 4.30. The van der Waals surface area contributed by atoms with Crippen molar-refractivity contribution in [2.24, 2.45) is 5.92 Å². The minimum atomic E-state index is -3.20.